The summed E-state index contributed by atoms with van der Waals surface area (Å²) in [5, 5.41) is 4.72. The van der Waals surface area contributed by atoms with E-state index < -0.39 is 0 Å². The molecule has 3 nitrogen and oxygen atoms in total. The van der Waals surface area contributed by atoms with Crippen LogP contribution in [-0.2, 0) is 0 Å². The molecule has 0 aromatic heterocycles. The molecule has 98 valence electrons. The lowest BCUT2D eigenvalue weighted by atomic mass is 10.1. The zero-order valence-corrected chi connectivity index (χ0v) is 11.9. The van der Waals surface area contributed by atoms with E-state index in [1.54, 1.807) is 0 Å². The maximum Gasteiger partial charge on any atom is 0.156 e. The average Bonchev–Trinajstić information content (AvgIpc) is 2.89. The molecule has 2 fully saturated rings. The van der Waals surface area contributed by atoms with Crippen LogP contribution in [0.2, 0.25) is 0 Å². The highest BCUT2D eigenvalue weighted by molar-refractivity contribution is 8.14. The minimum atomic E-state index is 0.644. The lowest BCUT2D eigenvalue weighted by Gasteiger charge is -2.13. The second-order valence-corrected chi connectivity index (χ2v) is 6.53. The Hall–Kier alpha value is -0.220. The number of hydrogen-bond acceptors (Lipinski definition) is 3. The lowest BCUT2D eigenvalue weighted by molar-refractivity contribution is 0.349. The Morgan fingerprint density at radius 1 is 1.41 bits per heavy atom. The van der Waals surface area contributed by atoms with Crippen molar-refractivity contribution in [2.45, 2.75) is 39.2 Å². The van der Waals surface area contributed by atoms with Gasteiger partial charge in [0.2, 0.25) is 0 Å². The van der Waals surface area contributed by atoms with Crippen LogP contribution in [0, 0.1) is 5.92 Å². The van der Waals surface area contributed by atoms with Crippen LogP contribution in [0.15, 0.2) is 4.99 Å². The largest absolute Gasteiger partial charge is 0.361 e. The van der Waals surface area contributed by atoms with Crippen LogP contribution in [0.4, 0.5) is 0 Å². The highest BCUT2D eigenvalue weighted by Crippen LogP contribution is 2.19. The summed E-state index contributed by atoms with van der Waals surface area (Å²) < 4.78 is 0. The molecule has 0 aromatic carbocycles. The van der Waals surface area contributed by atoms with Gasteiger partial charge in [0.15, 0.2) is 5.17 Å². The van der Waals surface area contributed by atoms with E-state index in [2.05, 4.69) is 29.1 Å². The predicted molar refractivity (Wildman–Crippen MR) is 76.8 cm³/mol. The van der Waals surface area contributed by atoms with E-state index in [9.17, 15) is 0 Å². The van der Waals surface area contributed by atoms with Gasteiger partial charge in [-0.3, -0.25) is 4.99 Å². The van der Waals surface area contributed by atoms with Crippen LogP contribution in [0.5, 0.6) is 0 Å². The minimum Gasteiger partial charge on any atom is -0.361 e. The Morgan fingerprint density at radius 2 is 2.18 bits per heavy atom. The number of amidine groups is 1. The predicted octanol–water partition coefficient (Wildman–Crippen LogP) is 2.19. The maximum atomic E-state index is 4.67. The summed E-state index contributed by atoms with van der Waals surface area (Å²) in [4.78, 5) is 7.19. The van der Waals surface area contributed by atoms with E-state index in [1.807, 2.05) is 11.8 Å². The van der Waals surface area contributed by atoms with Gasteiger partial charge in [-0.15, -0.1) is 0 Å². The van der Waals surface area contributed by atoms with Gasteiger partial charge < -0.3 is 10.2 Å². The third-order valence-corrected chi connectivity index (χ3v) is 4.46. The molecule has 0 amide bonds. The van der Waals surface area contributed by atoms with E-state index in [-0.39, 0.29) is 0 Å². The Morgan fingerprint density at radius 3 is 2.88 bits per heavy atom. The summed E-state index contributed by atoms with van der Waals surface area (Å²) in [6.07, 6.45) is 4.01. The van der Waals surface area contributed by atoms with Crippen molar-refractivity contribution in [2.75, 3.05) is 31.9 Å². The number of nitrogens with zero attached hydrogens (tertiary/aromatic N) is 2. The number of likely N-dealkylation sites (tertiary alicyclic amines) is 1. The summed E-state index contributed by atoms with van der Waals surface area (Å²) in [5.41, 5.74) is 0. The number of nitrogens with one attached hydrogen (secondary N) is 1. The average molecular weight is 255 g/mol. The molecule has 0 radical (unpaired) electrons. The van der Waals surface area contributed by atoms with Crippen molar-refractivity contribution in [3.63, 3.8) is 0 Å². The molecule has 1 atom stereocenters. The summed E-state index contributed by atoms with van der Waals surface area (Å²) in [5.74, 6) is 1.97. The van der Waals surface area contributed by atoms with Crippen LogP contribution < -0.4 is 5.32 Å². The first-order valence-electron chi connectivity index (χ1n) is 6.90. The second-order valence-electron chi connectivity index (χ2n) is 5.52. The van der Waals surface area contributed by atoms with Crippen LogP contribution in [0.3, 0.4) is 0 Å². The van der Waals surface area contributed by atoms with Gasteiger partial charge in [0.1, 0.15) is 0 Å². The summed E-state index contributed by atoms with van der Waals surface area (Å²) in [6, 6.07) is 0.644. The normalized spacial score (nSPS) is 28.2. The van der Waals surface area contributed by atoms with Gasteiger partial charge in [-0.2, -0.15) is 0 Å². The molecule has 0 saturated carbocycles. The van der Waals surface area contributed by atoms with Crippen LogP contribution in [0.1, 0.15) is 33.1 Å². The Labute approximate surface area is 109 Å². The smallest absolute Gasteiger partial charge is 0.156 e. The topological polar surface area (TPSA) is 27.6 Å². The molecule has 0 bridgehead atoms. The molecule has 2 aliphatic heterocycles. The van der Waals surface area contributed by atoms with Crippen molar-refractivity contribution < 1.29 is 0 Å². The first-order chi connectivity index (χ1) is 8.24. The van der Waals surface area contributed by atoms with Crippen molar-refractivity contribution in [1.29, 1.82) is 0 Å². The molecule has 0 spiro atoms. The van der Waals surface area contributed by atoms with Crippen molar-refractivity contribution >= 4 is 16.9 Å². The van der Waals surface area contributed by atoms with Gasteiger partial charge in [-0.25, -0.2) is 0 Å². The monoisotopic (exact) mass is 255 g/mol. The lowest BCUT2D eigenvalue weighted by Crippen LogP contribution is -2.29. The Kier molecular flexibility index (Phi) is 5.16. The third kappa shape index (κ3) is 4.51. The van der Waals surface area contributed by atoms with E-state index in [0.29, 0.717) is 6.04 Å². The molecular weight excluding hydrogens is 230 g/mol. The molecule has 1 unspecified atom stereocenters. The summed E-state index contributed by atoms with van der Waals surface area (Å²) >= 11 is 1.90. The van der Waals surface area contributed by atoms with E-state index >= 15 is 0 Å². The second kappa shape index (κ2) is 6.64. The van der Waals surface area contributed by atoms with Crippen LogP contribution >= 0.6 is 11.8 Å². The van der Waals surface area contributed by atoms with E-state index in [1.165, 1.54) is 43.3 Å². The molecule has 2 aliphatic rings. The molecule has 2 rings (SSSR count). The first kappa shape index (κ1) is 13.2. The van der Waals surface area contributed by atoms with Gasteiger partial charge in [-0.1, -0.05) is 25.6 Å². The van der Waals surface area contributed by atoms with E-state index in [4.69, 9.17) is 0 Å². The van der Waals surface area contributed by atoms with Crippen molar-refractivity contribution in [3.05, 3.63) is 0 Å². The molecule has 2 heterocycles. The minimum absolute atomic E-state index is 0.644. The van der Waals surface area contributed by atoms with Gasteiger partial charge in [0, 0.05) is 18.3 Å². The Bertz CT molecular complexity index is 259. The molecule has 0 aromatic rings. The fourth-order valence-electron chi connectivity index (χ4n) is 2.52. The molecule has 4 heteroatoms. The SMILES string of the molecule is CC(C)CC1CSC(=NCCN2CCCC2)N1. The summed E-state index contributed by atoms with van der Waals surface area (Å²) in [7, 11) is 0. The standard InChI is InChI=1S/C13H25N3S/c1-11(2)9-12-10-17-13(15-12)14-5-8-16-6-3-4-7-16/h11-12H,3-10H2,1-2H3,(H,14,15). The van der Waals surface area contributed by atoms with Gasteiger partial charge >= 0.3 is 0 Å². The zero-order valence-electron chi connectivity index (χ0n) is 11.1. The maximum absolute atomic E-state index is 4.67. The number of hydrogen-bond donors (Lipinski definition) is 1. The highest BCUT2D eigenvalue weighted by atomic mass is 32.2. The highest BCUT2D eigenvalue weighted by Gasteiger charge is 2.20. The fourth-order valence-corrected chi connectivity index (χ4v) is 3.54. The quantitative estimate of drug-likeness (QED) is 0.816. The number of thioether (sulfide) groups is 1. The fraction of sp³-hybridized carbons (Fsp3) is 0.923. The van der Waals surface area contributed by atoms with Crippen LogP contribution in [0.25, 0.3) is 0 Å². The van der Waals surface area contributed by atoms with Crippen molar-refractivity contribution in [2.24, 2.45) is 10.9 Å². The zero-order chi connectivity index (χ0) is 12.1. The van der Waals surface area contributed by atoms with Crippen molar-refractivity contribution in [1.82, 2.24) is 10.2 Å². The summed E-state index contributed by atoms with van der Waals surface area (Å²) in [6.45, 7) is 9.23. The van der Waals surface area contributed by atoms with Gasteiger partial charge in [0.25, 0.3) is 0 Å². The van der Waals surface area contributed by atoms with E-state index in [0.717, 1.165) is 19.0 Å². The molecule has 0 aliphatic carbocycles. The third-order valence-electron chi connectivity index (χ3n) is 3.38. The number of rotatable bonds is 5. The van der Waals surface area contributed by atoms with Gasteiger partial charge in [-0.05, 0) is 38.3 Å². The van der Waals surface area contributed by atoms with Crippen molar-refractivity contribution in [3.8, 4) is 0 Å². The molecule has 1 N–H and O–H groups in total. The molecule has 2 saturated heterocycles. The molecule has 17 heavy (non-hydrogen) atoms. The van der Waals surface area contributed by atoms with Crippen LogP contribution in [-0.4, -0.2) is 48.0 Å². The Balaban J connectivity index is 1.65. The number of aliphatic imine (C=N–C) groups is 1. The molecular formula is C13H25N3S. The first-order valence-corrected chi connectivity index (χ1v) is 7.89. The van der Waals surface area contributed by atoms with Gasteiger partial charge in [0.05, 0.1) is 6.54 Å².